The highest BCUT2D eigenvalue weighted by Crippen LogP contribution is 2.32. The number of fused-ring (bicyclic) bond motifs is 1. The van der Waals surface area contributed by atoms with Gasteiger partial charge in [-0.25, -0.2) is 4.98 Å². The molecule has 0 radical (unpaired) electrons. The van der Waals surface area contributed by atoms with E-state index in [1.54, 1.807) is 12.3 Å². The Morgan fingerprint density at radius 1 is 1.11 bits per heavy atom. The van der Waals surface area contributed by atoms with E-state index in [0.717, 1.165) is 12.1 Å². The molecule has 4 rings (SSSR count). The molecule has 3 heterocycles. The first-order chi connectivity index (χ1) is 13.4. The van der Waals surface area contributed by atoms with Crippen molar-refractivity contribution in [1.82, 2.24) is 4.98 Å². The quantitative estimate of drug-likeness (QED) is 0.871. The third-order valence-electron chi connectivity index (χ3n) is 4.59. The van der Waals surface area contributed by atoms with Gasteiger partial charge in [0.2, 0.25) is 0 Å². The first-order valence-corrected chi connectivity index (χ1v) is 8.77. The summed E-state index contributed by atoms with van der Waals surface area (Å²) < 4.78 is 43.7. The molecule has 0 spiro atoms. The summed E-state index contributed by atoms with van der Waals surface area (Å²) in [5.74, 6) is 0.477. The Kier molecular flexibility index (Phi) is 4.76. The highest BCUT2D eigenvalue weighted by Gasteiger charge is 2.30. The smallest absolute Gasteiger partial charge is 0.378 e. The van der Waals surface area contributed by atoms with Crippen LogP contribution < -0.4 is 10.2 Å². The second kappa shape index (κ2) is 7.23. The van der Waals surface area contributed by atoms with Gasteiger partial charge in [0.05, 0.1) is 35.7 Å². The molecule has 0 atom stereocenters. The molecular weight excluding hydrogens is 373 g/mol. The summed E-state index contributed by atoms with van der Waals surface area (Å²) >= 11 is 0. The van der Waals surface area contributed by atoms with Gasteiger partial charge in [0.1, 0.15) is 12.4 Å². The summed E-state index contributed by atoms with van der Waals surface area (Å²) in [5, 5.41) is 3.07. The van der Waals surface area contributed by atoms with Crippen molar-refractivity contribution in [3.63, 3.8) is 0 Å². The lowest BCUT2D eigenvalue weighted by Crippen LogP contribution is -2.37. The maximum absolute atomic E-state index is 12.8. The van der Waals surface area contributed by atoms with Gasteiger partial charge in [0.15, 0.2) is 5.78 Å². The summed E-state index contributed by atoms with van der Waals surface area (Å²) in [5.41, 5.74) is 1.07. The highest BCUT2D eigenvalue weighted by molar-refractivity contribution is 6.11. The average Bonchev–Trinajstić information content (AvgIpc) is 2.68. The van der Waals surface area contributed by atoms with Crippen molar-refractivity contribution in [2.45, 2.75) is 6.18 Å². The Labute approximate surface area is 159 Å². The van der Waals surface area contributed by atoms with Crippen LogP contribution in [0.4, 0.5) is 30.4 Å². The molecule has 0 aliphatic carbocycles. The van der Waals surface area contributed by atoms with Crippen molar-refractivity contribution in [2.75, 3.05) is 43.1 Å². The van der Waals surface area contributed by atoms with Gasteiger partial charge in [0.25, 0.3) is 0 Å². The summed E-state index contributed by atoms with van der Waals surface area (Å²) in [6, 6.07) is 6.43. The van der Waals surface area contributed by atoms with Crippen LogP contribution in [0.1, 0.15) is 21.6 Å². The third-order valence-corrected chi connectivity index (χ3v) is 4.59. The van der Waals surface area contributed by atoms with Crippen LogP contribution in [-0.2, 0) is 10.9 Å². The van der Waals surface area contributed by atoms with Gasteiger partial charge in [-0.1, -0.05) is 0 Å². The number of rotatable bonds is 3. The van der Waals surface area contributed by atoms with Crippen LogP contribution in [0.25, 0.3) is 0 Å². The van der Waals surface area contributed by atoms with Crippen molar-refractivity contribution < 1.29 is 22.7 Å². The number of pyridine rings is 1. The molecule has 2 aliphatic heterocycles. The van der Waals surface area contributed by atoms with Crippen molar-refractivity contribution in [2.24, 2.45) is 4.99 Å². The fraction of sp³-hybridized carbons (Fsp3) is 0.316. The topological polar surface area (TPSA) is 66.8 Å². The molecule has 0 unspecified atom stereocenters. The number of benzene rings is 1. The van der Waals surface area contributed by atoms with Crippen molar-refractivity contribution >= 4 is 29.2 Å². The molecule has 28 heavy (non-hydrogen) atoms. The molecule has 146 valence electrons. The number of nitrogens with one attached hydrogen (secondary N) is 1. The van der Waals surface area contributed by atoms with Crippen LogP contribution in [0, 0.1) is 0 Å². The molecule has 0 amide bonds. The van der Waals surface area contributed by atoms with E-state index in [0.29, 0.717) is 54.8 Å². The van der Waals surface area contributed by atoms with E-state index >= 15 is 0 Å². The number of nitrogens with zero attached hydrogens (tertiary/aromatic N) is 3. The largest absolute Gasteiger partial charge is 0.416 e. The number of hydrogen-bond acceptors (Lipinski definition) is 6. The zero-order valence-corrected chi connectivity index (χ0v) is 14.8. The number of aliphatic imine (C=N–C) groups is 1. The summed E-state index contributed by atoms with van der Waals surface area (Å²) in [6.45, 7) is 2.50. The Morgan fingerprint density at radius 3 is 2.50 bits per heavy atom. The molecule has 1 fully saturated rings. The van der Waals surface area contributed by atoms with Gasteiger partial charge in [-0.05, 0) is 24.3 Å². The molecule has 1 N–H and O–H groups in total. The first-order valence-electron chi connectivity index (χ1n) is 8.77. The maximum Gasteiger partial charge on any atom is 0.416 e. The molecule has 1 aromatic heterocycles. The Morgan fingerprint density at radius 2 is 1.82 bits per heavy atom. The van der Waals surface area contributed by atoms with Gasteiger partial charge in [0, 0.05) is 31.1 Å². The molecular formula is C19H17F3N4O2. The van der Waals surface area contributed by atoms with E-state index in [2.05, 4.69) is 15.3 Å². The summed E-state index contributed by atoms with van der Waals surface area (Å²) in [7, 11) is 0. The average molecular weight is 390 g/mol. The molecule has 0 saturated carbocycles. The minimum absolute atomic E-state index is 0.0211. The number of carbonyl (C=O) groups excluding carboxylic acids is 1. The molecule has 9 heteroatoms. The Bertz CT molecular complexity index is 920. The lowest BCUT2D eigenvalue weighted by Gasteiger charge is -2.29. The minimum Gasteiger partial charge on any atom is -0.378 e. The molecule has 6 nitrogen and oxygen atoms in total. The van der Waals surface area contributed by atoms with E-state index in [9.17, 15) is 18.0 Å². The first kappa shape index (κ1) is 18.4. The van der Waals surface area contributed by atoms with Crippen molar-refractivity contribution in [3.05, 3.63) is 47.2 Å². The van der Waals surface area contributed by atoms with Crippen LogP contribution >= 0.6 is 0 Å². The molecule has 2 aliphatic rings. The zero-order chi connectivity index (χ0) is 19.7. The van der Waals surface area contributed by atoms with Gasteiger partial charge in [-0.3, -0.25) is 9.79 Å². The fourth-order valence-electron chi connectivity index (χ4n) is 3.18. The number of ether oxygens (including phenoxy) is 1. The fourth-order valence-corrected chi connectivity index (χ4v) is 3.18. The van der Waals surface area contributed by atoms with Gasteiger partial charge in [-0.15, -0.1) is 0 Å². The van der Waals surface area contributed by atoms with Crippen molar-refractivity contribution in [3.8, 4) is 0 Å². The predicted octanol–water partition coefficient (Wildman–Crippen LogP) is 3.30. The van der Waals surface area contributed by atoms with Crippen LogP contribution in [0.5, 0.6) is 0 Å². The number of ketones is 1. The van der Waals surface area contributed by atoms with Crippen LogP contribution in [0.2, 0.25) is 0 Å². The number of hydrogen-bond donors (Lipinski definition) is 1. The van der Waals surface area contributed by atoms with Crippen LogP contribution in [-0.4, -0.2) is 49.8 Å². The van der Waals surface area contributed by atoms with E-state index in [1.807, 2.05) is 4.90 Å². The predicted molar refractivity (Wildman–Crippen MR) is 98.8 cm³/mol. The second-order valence-electron chi connectivity index (χ2n) is 6.48. The van der Waals surface area contributed by atoms with Crippen LogP contribution in [0.15, 0.2) is 35.3 Å². The van der Waals surface area contributed by atoms with Crippen molar-refractivity contribution in [1.29, 1.82) is 0 Å². The molecule has 0 bridgehead atoms. The lowest BCUT2D eigenvalue weighted by atomic mass is 10.0. The Hall–Kier alpha value is -2.94. The number of Topliss-reactive ketones (excluding diaryl/α,β-unsaturated/α-hetero) is 1. The zero-order valence-electron chi connectivity index (χ0n) is 14.8. The molecule has 1 saturated heterocycles. The van der Waals surface area contributed by atoms with E-state index in [1.165, 1.54) is 12.1 Å². The number of aromatic nitrogens is 1. The third kappa shape index (κ3) is 3.70. The van der Waals surface area contributed by atoms with E-state index < -0.39 is 11.7 Å². The monoisotopic (exact) mass is 390 g/mol. The van der Waals surface area contributed by atoms with E-state index in [4.69, 9.17) is 4.74 Å². The Balaban J connectivity index is 1.70. The number of alkyl halides is 3. The molecule has 2 aromatic rings. The van der Waals surface area contributed by atoms with Gasteiger partial charge >= 0.3 is 6.18 Å². The summed E-state index contributed by atoms with van der Waals surface area (Å²) in [4.78, 5) is 23.0. The summed E-state index contributed by atoms with van der Waals surface area (Å²) in [6.07, 6.45) is -2.84. The number of anilines is 3. The normalized spacial score (nSPS) is 16.8. The van der Waals surface area contributed by atoms with E-state index in [-0.39, 0.29) is 12.3 Å². The van der Waals surface area contributed by atoms with Gasteiger partial charge in [-0.2, -0.15) is 13.2 Å². The number of carbonyl (C=O) groups is 1. The second-order valence-corrected chi connectivity index (χ2v) is 6.48. The maximum atomic E-state index is 12.8. The lowest BCUT2D eigenvalue weighted by molar-refractivity contribution is -0.137. The molecule has 1 aromatic carbocycles. The number of morpholine rings is 1. The minimum atomic E-state index is -4.40. The van der Waals surface area contributed by atoms with Crippen LogP contribution in [0.3, 0.4) is 0 Å². The van der Waals surface area contributed by atoms with Gasteiger partial charge < -0.3 is 15.0 Å². The highest BCUT2D eigenvalue weighted by atomic mass is 19.4. The standard InChI is InChI=1S/C19H17F3N4O2/c20-19(21,22)12-1-3-13(4-2-12)24-14-9-17(26-5-7-28-8-6-26)25-15-10-23-11-16(27)18(14)15/h1-4,9-10H,5-8,11H2,(H,24,25). The SMILES string of the molecule is O=C1CN=Cc2nc(N3CCOCC3)cc(Nc3ccc(C(F)(F)F)cc3)c21. The number of halogens is 3.